The Bertz CT molecular complexity index is 946. The highest BCUT2D eigenvalue weighted by atomic mass is 16.4. The molecule has 1 saturated heterocycles. The molecule has 6 nitrogen and oxygen atoms in total. The second-order valence-electron chi connectivity index (χ2n) is 6.97. The van der Waals surface area contributed by atoms with Crippen LogP contribution >= 0.6 is 0 Å². The molecule has 1 aliphatic heterocycles. The summed E-state index contributed by atoms with van der Waals surface area (Å²) in [4.78, 5) is 18.7. The van der Waals surface area contributed by atoms with E-state index in [9.17, 15) is 4.79 Å². The summed E-state index contributed by atoms with van der Waals surface area (Å²) in [5.41, 5.74) is 3.77. The van der Waals surface area contributed by atoms with E-state index in [1.165, 1.54) is 5.56 Å². The van der Waals surface area contributed by atoms with Crippen molar-refractivity contribution in [3.8, 4) is 0 Å². The van der Waals surface area contributed by atoms with Crippen LogP contribution in [0.2, 0.25) is 0 Å². The van der Waals surface area contributed by atoms with Gasteiger partial charge in [0.25, 0.3) is 0 Å². The van der Waals surface area contributed by atoms with Crippen LogP contribution in [0.4, 0.5) is 0 Å². The molecule has 1 aliphatic rings. The second-order valence-corrected chi connectivity index (χ2v) is 6.97. The Morgan fingerprint density at radius 2 is 2.12 bits per heavy atom. The number of likely N-dealkylation sites (tertiary alicyclic amines) is 1. The van der Waals surface area contributed by atoms with E-state index in [0.29, 0.717) is 11.5 Å². The van der Waals surface area contributed by atoms with Crippen LogP contribution in [0.25, 0.3) is 11.0 Å². The fraction of sp³-hybridized carbons (Fsp3) is 0.421. The number of nitrogens with zero attached hydrogens (tertiary/aromatic N) is 3. The molecule has 1 atom stereocenters. The van der Waals surface area contributed by atoms with Crippen LogP contribution in [0.5, 0.6) is 0 Å². The highest BCUT2D eigenvalue weighted by Gasteiger charge is 2.24. The van der Waals surface area contributed by atoms with Crippen LogP contribution in [0.15, 0.2) is 33.7 Å². The number of aromatic amines is 1. The van der Waals surface area contributed by atoms with Crippen molar-refractivity contribution >= 4 is 11.0 Å². The molecule has 6 heteroatoms. The smallest absolute Gasteiger partial charge is 0.336 e. The molecular weight excluding hydrogens is 316 g/mol. The van der Waals surface area contributed by atoms with Crippen molar-refractivity contribution in [2.75, 3.05) is 13.1 Å². The molecule has 2 aromatic heterocycles. The maximum atomic E-state index is 12.0. The lowest BCUT2D eigenvalue weighted by Crippen LogP contribution is -2.34. The van der Waals surface area contributed by atoms with Crippen molar-refractivity contribution in [3.63, 3.8) is 0 Å². The number of nitrogens with one attached hydrogen (secondary N) is 1. The number of H-pyrrole nitrogens is 1. The van der Waals surface area contributed by atoms with E-state index in [1.54, 1.807) is 12.4 Å². The predicted octanol–water partition coefficient (Wildman–Crippen LogP) is 2.91. The first-order chi connectivity index (χ1) is 12.1. The summed E-state index contributed by atoms with van der Waals surface area (Å²) in [6.07, 6.45) is 3.79. The number of rotatable bonds is 3. The summed E-state index contributed by atoms with van der Waals surface area (Å²) < 4.78 is 5.41. The van der Waals surface area contributed by atoms with E-state index in [0.717, 1.165) is 54.8 Å². The number of piperidine rings is 1. The molecule has 1 N–H and O–H groups in total. The average Bonchev–Trinajstić information content (AvgIpc) is 3.11. The Morgan fingerprint density at radius 3 is 2.92 bits per heavy atom. The lowest BCUT2D eigenvalue weighted by Gasteiger charge is -2.31. The fourth-order valence-electron chi connectivity index (χ4n) is 3.69. The van der Waals surface area contributed by atoms with Crippen molar-refractivity contribution < 1.29 is 4.42 Å². The van der Waals surface area contributed by atoms with Gasteiger partial charge in [-0.3, -0.25) is 10.00 Å². The van der Waals surface area contributed by atoms with Crippen LogP contribution in [0, 0.1) is 13.8 Å². The Labute approximate surface area is 145 Å². The van der Waals surface area contributed by atoms with E-state index >= 15 is 0 Å². The summed E-state index contributed by atoms with van der Waals surface area (Å²) in [6.45, 7) is 6.81. The van der Waals surface area contributed by atoms with E-state index < -0.39 is 0 Å². The first-order valence-corrected chi connectivity index (χ1v) is 8.72. The van der Waals surface area contributed by atoms with Crippen molar-refractivity contribution in [2.45, 2.75) is 39.2 Å². The second kappa shape index (κ2) is 6.44. The average molecular weight is 338 g/mol. The van der Waals surface area contributed by atoms with Gasteiger partial charge in [-0.05, 0) is 62.1 Å². The van der Waals surface area contributed by atoms with E-state index in [1.807, 2.05) is 13.0 Å². The number of hydrogen-bond donors (Lipinski definition) is 1. The zero-order valence-electron chi connectivity index (χ0n) is 14.6. The lowest BCUT2D eigenvalue weighted by atomic mass is 9.96. The molecule has 0 aliphatic carbocycles. The highest BCUT2D eigenvalue weighted by Crippen LogP contribution is 2.27. The maximum Gasteiger partial charge on any atom is 0.336 e. The minimum atomic E-state index is -0.283. The summed E-state index contributed by atoms with van der Waals surface area (Å²) in [5.74, 6) is 1.32. The summed E-state index contributed by atoms with van der Waals surface area (Å²) >= 11 is 0. The molecule has 0 amide bonds. The Morgan fingerprint density at radius 1 is 1.28 bits per heavy atom. The van der Waals surface area contributed by atoms with Gasteiger partial charge >= 0.3 is 5.63 Å². The van der Waals surface area contributed by atoms with Gasteiger partial charge in [0.15, 0.2) is 0 Å². The van der Waals surface area contributed by atoms with Gasteiger partial charge in [0, 0.05) is 30.5 Å². The van der Waals surface area contributed by atoms with Crippen LogP contribution in [0.3, 0.4) is 0 Å². The lowest BCUT2D eigenvalue weighted by molar-refractivity contribution is 0.197. The first kappa shape index (κ1) is 16.0. The van der Waals surface area contributed by atoms with Gasteiger partial charge < -0.3 is 4.42 Å². The van der Waals surface area contributed by atoms with Gasteiger partial charge in [-0.15, -0.1) is 0 Å². The topological polar surface area (TPSA) is 75.0 Å². The minimum Gasteiger partial charge on any atom is -0.423 e. The number of benzene rings is 1. The van der Waals surface area contributed by atoms with Crippen molar-refractivity contribution in [1.29, 1.82) is 0 Å². The van der Waals surface area contributed by atoms with Crippen molar-refractivity contribution in [3.05, 3.63) is 57.5 Å². The standard InChI is InChI=1S/C19H22N4O2/c1-12-6-16-15(8-18(24)25-17(16)7-13(12)2)10-23-5-3-4-14(9-23)19-20-11-21-22-19/h6-8,11,14H,3-5,9-10H2,1-2H3,(H,20,21,22). The third-order valence-corrected chi connectivity index (χ3v) is 5.16. The molecule has 1 aromatic carbocycles. The quantitative estimate of drug-likeness (QED) is 0.743. The number of hydrogen-bond acceptors (Lipinski definition) is 5. The molecule has 3 heterocycles. The normalized spacial score (nSPS) is 18.7. The Balaban J connectivity index is 1.64. The Kier molecular flexibility index (Phi) is 4.13. The maximum absolute atomic E-state index is 12.0. The van der Waals surface area contributed by atoms with Crippen molar-refractivity contribution in [1.82, 2.24) is 20.1 Å². The molecule has 0 saturated carbocycles. The van der Waals surface area contributed by atoms with E-state index in [2.05, 4.69) is 33.1 Å². The SMILES string of the molecule is Cc1cc2oc(=O)cc(CN3CCCC(c4ncn[nH]4)C3)c2cc1C. The Hall–Kier alpha value is -2.47. The largest absolute Gasteiger partial charge is 0.423 e. The number of aromatic nitrogens is 3. The van der Waals surface area contributed by atoms with Crippen LogP contribution in [-0.4, -0.2) is 33.2 Å². The molecule has 4 rings (SSSR count). The molecule has 130 valence electrons. The molecule has 1 fully saturated rings. The van der Waals surface area contributed by atoms with Crippen LogP contribution in [-0.2, 0) is 6.54 Å². The van der Waals surface area contributed by atoms with Gasteiger partial charge in [0.1, 0.15) is 17.7 Å². The molecule has 0 bridgehead atoms. The summed E-state index contributed by atoms with van der Waals surface area (Å²) in [5, 5.41) is 7.99. The third-order valence-electron chi connectivity index (χ3n) is 5.16. The van der Waals surface area contributed by atoms with Crippen molar-refractivity contribution in [2.24, 2.45) is 0 Å². The molecule has 0 radical (unpaired) electrons. The van der Waals surface area contributed by atoms with Gasteiger partial charge in [0.05, 0.1) is 0 Å². The third kappa shape index (κ3) is 3.22. The number of fused-ring (bicyclic) bond motifs is 1. The van der Waals surface area contributed by atoms with Crippen LogP contribution in [0.1, 0.15) is 41.3 Å². The number of aryl methyl sites for hydroxylation is 2. The zero-order chi connectivity index (χ0) is 17.4. The predicted molar refractivity (Wildman–Crippen MR) is 95.6 cm³/mol. The fourth-order valence-corrected chi connectivity index (χ4v) is 3.69. The van der Waals surface area contributed by atoms with E-state index in [4.69, 9.17) is 4.42 Å². The molecule has 1 unspecified atom stereocenters. The minimum absolute atomic E-state index is 0.283. The summed E-state index contributed by atoms with van der Waals surface area (Å²) in [7, 11) is 0. The van der Waals surface area contributed by atoms with Gasteiger partial charge in [-0.2, -0.15) is 5.10 Å². The molecule has 25 heavy (non-hydrogen) atoms. The molecule has 3 aromatic rings. The summed E-state index contributed by atoms with van der Waals surface area (Å²) in [6, 6.07) is 5.72. The van der Waals surface area contributed by atoms with Gasteiger partial charge in [0.2, 0.25) is 0 Å². The first-order valence-electron chi connectivity index (χ1n) is 8.72. The highest BCUT2D eigenvalue weighted by molar-refractivity contribution is 5.81. The molecule has 0 spiro atoms. The monoisotopic (exact) mass is 338 g/mol. The van der Waals surface area contributed by atoms with Gasteiger partial charge in [-0.1, -0.05) is 0 Å². The van der Waals surface area contributed by atoms with E-state index in [-0.39, 0.29) is 5.63 Å². The zero-order valence-corrected chi connectivity index (χ0v) is 14.6. The molecular formula is C19H22N4O2. The van der Waals surface area contributed by atoms with Gasteiger partial charge in [-0.25, -0.2) is 9.78 Å². The van der Waals surface area contributed by atoms with Crippen LogP contribution < -0.4 is 5.63 Å².